The van der Waals surface area contributed by atoms with Crippen molar-refractivity contribution < 1.29 is 9.53 Å². The van der Waals surface area contributed by atoms with Gasteiger partial charge >= 0.3 is 5.97 Å². The number of rotatable bonds is 17. The van der Waals surface area contributed by atoms with Crippen molar-refractivity contribution in [2.24, 2.45) is 0 Å². The van der Waals surface area contributed by atoms with E-state index < -0.39 is 0 Å². The van der Waals surface area contributed by atoms with Crippen LogP contribution < -0.4 is 0 Å². The second-order valence-corrected chi connectivity index (χ2v) is 9.78. The molecule has 0 aromatic heterocycles. The van der Waals surface area contributed by atoms with E-state index in [2.05, 4.69) is 18.7 Å². The van der Waals surface area contributed by atoms with E-state index in [4.69, 9.17) is 4.74 Å². The van der Waals surface area contributed by atoms with Crippen LogP contribution in [0.15, 0.2) is 0 Å². The molecule has 0 aromatic carbocycles. The lowest BCUT2D eigenvalue weighted by Crippen LogP contribution is -2.31. The molecular weight excluding hydrogens is 352 g/mol. The second kappa shape index (κ2) is 17.9. The third-order valence-electron chi connectivity index (χ3n) is 5.79. The smallest absolute Gasteiger partial charge is 0.302 e. The lowest BCUT2D eigenvalue weighted by Gasteiger charge is -2.30. The van der Waals surface area contributed by atoms with Crippen molar-refractivity contribution in [1.82, 2.24) is 0 Å². The van der Waals surface area contributed by atoms with Crippen LogP contribution in [-0.2, 0) is 9.53 Å². The van der Waals surface area contributed by atoms with Gasteiger partial charge in [-0.3, -0.25) is 4.79 Å². The van der Waals surface area contributed by atoms with Gasteiger partial charge < -0.3 is 4.74 Å². The molecule has 3 heteroatoms. The molecule has 0 amide bonds. The fourth-order valence-electron chi connectivity index (χ4n) is 4.13. The van der Waals surface area contributed by atoms with Gasteiger partial charge in [0.15, 0.2) is 0 Å². The first kappa shape index (κ1) is 24.9. The molecule has 0 aliphatic heterocycles. The number of carbonyl (C=O) groups excluding carboxylic acids is 1. The summed E-state index contributed by atoms with van der Waals surface area (Å²) in [7, 11) is 0. The highest BCUT2D eigenvalue weighted by Gasteiger charge is 2.27. The van der Waals surface area contributed by atoms with Crippen molar-refractivity contribution >= 4 is 17.7 Å². The molecule has 1 saturated carbocycles. The normalized spacial score (nSPS) is 19.9. The van der Waals surface area contributed by atoms with E-state index in [1.54, 1.807) is 6.92 Å². The van der Waals surface area contributed by atoms with Gasteiger partial charge in [-0.25, -0.2) is 0 Å². The summed E-state index contributed by atoms with van der Waals surface area (Å²) in [5.41, 5.74) is 0. The number of carbonyl (C=O) groups is 1. The van der Waals surface area contributed by atoms with E-state index in [9.17, 15) is 4.79 Å². The summed E-state index contributed by atoms with van der Waals surface area (Å²) in [5, 5.41) is 0.546. The van der Waals surface area contributed by atoms with E-state index in [-0.39, 0.29) is 12.1 Å². The maximum Gasteiger partial charge on any atom is 0.302 e. The summed E-state index contributed by atoms with van der Waals surface area (Å²) in [6, 6.07) is 0. The van der Waals surface area contributed by atoms with Gasteiger partial charge in [0.1, 0.15) is 6.10 Å². The van der Waals surface area contributed by atoms with Gasteiger partial charge in [0.2, 0.25) is 0 Å². The minimum Gasteiger partial charge on any atom is -0.461 e. The Labute approximate surface area is 174 Å². The van der Waals surface area contributed by atoms with Gasteiger partial charge in [0.25, 0.3) is 0 Å². The molecule has 27 heavy (non-hydrogen) atoms. The number of esters is 1. The Balaban J connectivity index is 1.84. The fraction of sp³-hybridized carbons (Fsp3) is 0.958. The number of hydrogen-bond donors (Lipinski definition) is 0. The summed E-state index contributed by atoms with van der Waals surface area (Å²) in [4.78, 5) is 11.2. The molecule has 0 bridgehead atoms. The van der Waals surface area contributed by atoms with Crippen LogP contribution in [0.1, 0.15) is 129 Å². The summed E-state index contributed by atoms with van der Waals surface area (Å²) in [5.74, 6) is 1.13. The number of unbranched alkanes of at least 4 members (excludes halogenated alkanes) is 13. The maximum absolute atomic E-state index is 11.2. The number of hydrogen-bond acceptors (Lipinski definition) is 3. The molecule has 0 N–H and O–H groups in total. The van der Waals surface area contributed by atoms with Crippen molar-refractivity contribution in [3.8, 4) is 0 Å². The van der Waals surface area contributed by atoms with Crippen LogP contribution >= 0.6 is 11.8 Å². The van der Waals surface area contributed by atoms with E-state index in [1.807, 2.05) is 0 Å². The molecular formula is C24H46O2S. The maximum atomic E-state index is 11.2. The van der Waals surface area contributed by atoms with Crippen LogP contribution in [0.2, 0.25) is 0 Å². The number of thioether (sulfide) groups is 1. The largest absolute Gasteiger partial charge is 0.461 e. The summed E-state index contributed by atoms with van der Waals surface area (Å²) in [6.07, 6.45) is 24.8. The van der Waals surface area contributed by atoms with Gasteiger partial charge in [0, 0.05) is 12.2 Å². The standard InChI is InChI=1S/C24H46O2S/c1-3-4-5-6-7-8-9-10-11-12-13-14-15-18-21-27-24-20-17-16-19-23(24)26-22(2)25/h23-24H,3-21H2,1-2H3/t23?,24-/m0/s1. The van der Waals surface area contributed by atoms with E-state index in [0.717, 1.165) is 6.42 Å². The molecule has 0 aromatic rings. The lowest BCUT2D eigenvalue weighted by molar-refractivity contribution is -0.147. The number of ether oxygens (including phenoxy) is 1. The molecule has 1 unspecified atom stereocenters. The third kappa shape index (κ3) is 14.5. The van der Waals surface area contributed by atoms with Gasteiger partial charge in [-0.1, -0.05) is 96.8 Å². The monoisotopic (exact) mass is 398 g/mol. The van der Waals surface area contributed by atoms with Crippen LogP contribution in [-0.4, -0.2) is 23.1 Å². The average Bonchev–Trinajstić information content (AvgIpc) is 2.65. The van der Waals surface area contributed by atoms with Crippen molar-refractivity contribution in [3.05, 3.63) is 0 Å². The van der Waals surface area contributed by atoms with Gasteiger partial charge in [-0.05, 0) is 31.4 Å². The van der Waals surface area contributed by atoms with Crippen LogP contribution in [0.3, 0.4) is 0 Å². The van der Waals surface area contributed by atoms with E-state index in [1.165, 1.54) is 115 Å². The Morgan fingerprint density at radius 3 is 1.78 bits per heavy atom. The Kier molecular flexibility index (Phi) is 16.5. The van der Waals surface area contributed by atoms with Crippen LogP contribution in [0.5, 0.6) is 0 Å². The van der Waals surface area contributed by atoms with Crippen LogP contribution in [0, 0.1) is 0 Å². The first-order chi connectivity index (χ1) is 13.2. The molecule has 0 saturated heterocycles. The molecule has 0 heterocycles. The lowest BCUT2D eigenvalue weighted by atomic mass is 9.97. The molecule has 2 nitrogen and oxygen atoms in total. The molecule has 160 valence electrons. The SMILES string of the molecule is CCCCCCCCCCCCCCCCS[C@H]1CCCCC1OC(C)=O. The van der Waals surface area contributed by atoms with E-state index >= 15 is 0 Å². The zero-order chi connectivity index (χ0) is 19.6. The Bertz CT molecular complexity index is 345. The predicted molar refractivity (Wildman–Crippen MR) is 121 cm³/mol. The molecule has 1 aliphatic rings. The molecule has 1 fully saturated rings. The first-order valence-corrected chi connectivity index (χ1v) is 13.1. The summed E-state index contributed by atoms with van der Waals surface area (Å²) >= 11 is 2.05. The highest BCUT2D eigenvalue weighted by Crippen LogP contribution is 2.31. The van der Waals surface area contributed by atoms with Gasteiger partial charge in [0.05, 0.1) is 0 Å². The zero-order valence-corrected chi connectivity index (χ0v) is 19.1. The van der Waals surface area contributed by atoms with Crippen molar-refractivity contribution in [1.29, 1.82) is 0 Å². The highest BCUT2D eigenvalue weighted by molar-refractivity contribution is 7.99. The minimum atomic E-state index is -0.107. The zero-order valence-electron chi connectivity index (χ0n) is 18.3. The van der Waals surface area contributed by atoms with Gasteiger partial charge in [-0.2, -0.15) is 11.8 Å². The second-order valence-electron chi connectivity index (χ2n) is 8.44. The third-order valence-corrected chi connectivity index (χ3v) is 7.28. The minimum absolute atomic E-state index is 0.107. The molecule has 1 aliphatic carbocycles. The molecule has 0 spiro atoms. The van der Waals surface area contributed by atoms with Crippen LogP contribution in [0.4, 0.5) is 0 Å². The van der Waals surface area contributed by atoms with Crippen molar-refractivity contribution in [3.63, 3.8) is 0 Å². The highest BCUT2D eigenvalue weighted by atomic mass is 32.2. The van der Waals surface area contributed by atoms with Crippen molar-refractivity contribution in [2.45, 2.75) is 141 Å². The predicted octanol–water partition coefficient (Wildman–Crippen LogP) is 8.08. The van der Waals surface area contributed by atoms with Crippen molar-refractivity contribution in [2.75, 3.05) is 5.75 Å². The first-order valence-electron chi connectivity index (χ1n) is 12.0. The molecule has 1 rings (SSSR count). The summed E-state index contributed by atoms with van der Waals surface area (Å²) < 4.78 is 5.52. The topological polar surface area (TPSA) is 26.3 Å². The average molecular weight is 399 g/mol. The fourth-order valence-corrected chi connectivity index (χ4v) is 5.55. The van der Waals surface area contributed by atoms with Gasteiger partial charge in [-0.15, -0.1) is 0 Å². The Morgan fingerprint density at radius 1 is 0.778 bits per heavy atom. The Hall–Kier alpha value is -0.180. The Morgan fingerprint density at radius 2 is 1.26 bits per heavy atom. The summed E-state index contributed by atoms with van der Waals surface area (Å²) in [6.45, 7) is 3.83. The molecule has 2 atom stereocenters. The quantitative estimate of drug-likeness (QED) is 0.183. The van der Waals surface area contributed by atoms with E-state index in [0.29, 0.717) is 5.25 Å². The molecule has 0 radical (unpaired) electrons. The van der Waals surface area contributed by atoms with Crippen LogP contribution in [0.25, 0.3) is 0 Å².